The van der Waals surface area contributed by atoms with E-state index >= 15 is 0 Å². The maximum atomic E-state index is 12.8. The number of rotatable bonds is 4. The normalized spacial score (nSPS) is 25.5. The number of halogens is 1. The third kappa shape index (κ3) is 2.95. The summed E-state index contributed by atoms with van der Waals surface area (Å²) in [6.45, 7) is 3.86. The van der Waals surface area contributed by atoms with Gasteiger partial charge in [-0.2, -0.15) is 0 Å². The minimum atomic E-state index is -1.14. The molecule has 3 atom stereocenters. The molecule has 1 saturated heterocycles. The molecule has 26 heavy (non-hydrogen) atoms. The summed E-state index contributed by atoms with van der Waals surface area (Å²) in [6.07, 6.45) is 0.449. The van der Waals surface area contributed by atoms with Crippen molar-refractivity contribution in [3.63, 3.8) is 0 Å². The average Bonchev–Trinajstić information content (AvgIpc) is 3.07. The second-order valence-corrected chi connectivity index (χ2v) is 7.92. The van der Waals surface area contributed by atoms with Crippen LogP contribution in [0.1, 0.15) is 32.3 Å². The fourth-order valence-corrected chi connectivity index (χ4v) is 4.10. The van der Waals surface area contributed by atoms with Crippen molar-refractivity contribution < 1.29 is 19.5 Å². The van der Waals surface area contributed by atoms with Gasteiger partial charge in [0.25, 0.3) is 0 Å². The molecule has 8 heteroatoms. The Morgan fingerprint density at radius 1 is 1.46 bits per heavy atom. The Kier molecular flexibility index (Phi) is 4.71. The van der Waals surface area contributed by atoms with Crippen molar-refractivity contribution in [2.75, 3.05) is 11.9 Å². The molecular formula is C18H22ClN3O4. The molecule has 0 bridgehead atoms. The van der Waals surface area contributed by atoms with Gasteiger partial charge in [0.2, 0.25) is 11.8 Å². The van der Waals surface area contributed by atoms with Gasteiger partial charge >= 0.3 is 5.97 Å². The van der Waals surface area contributed by atoms with Crippen molar-refractivity contribution in [3.8, 4) is 0 Å². The minimum absolute atomic E-state index is 0.00163. The third-order valence-electron chi connectivity index (χ3n) is 5.15. The van der Waals surface area contributed by atoms with Gasteiger partial charge in [-0.15, -0.1) is 0 Å². The van der Waals surface area contributed by atoms with Crippen molar-refractivity contribution in [3.05, 3.63) is 28.8 Å². The van der Waals surface area contributed by atoms with Crippen LogP contribution in [0, 0.1) is 5.92 Å². The second kappa shape index (κ2) is 6.55. The van der Waals surface area contributed by atoms with Crippen LogP contribution < -0.4 is 11.1 Å². The van der Waals surface area contributed by atoms with Gasteiger partial charge in [0, 0.05) is 17.3 Å². The zero-order valence-electron chi connectivity index (χ0n) is 14.7. The molecule has 1 aromatic rings. The molecule has 7 nitrogen and oxygen atoms in total. The number of amides is 2. The Hall–Kier alpha value is -2.12. The van der Waals surface area contributed by atoms with E-state index in [2.05, 4.69) is 5.32 Å². The first-order valence-electron chi connectivity index (χ1n) is 8.56. The number of carbonyl (C=O) groups excluding carboxylic acids is 2. The SMILES string of the molecule is CC(C)C[C@H](N)C(=O)N1C[C@]2(CC1C(=O)O)C(=O)Nc1ccc(Cl)cc12. The number of nitrogens with two attached hydrogens (primary N) is 1. The number of fused-ring (bicyclic) bond motifs is 2. The molecule has 0 aromatic heterocycles. The van der Waals surface area contributed by atoms with Gasteiger partial charge < -0.3 is 21.1 Å². The lowest BCUT2D eigenvalue weighted by Crippen LogP contribution is -2.49. The van der Waals surface area contributed by atoms with Crippen LogP contribution >= 0.6 is 11.6 Å². The number of aliphatic carboxylic acids is 1. The molecule has 2 aliphatic heterocycles. The lowest BCUT2D eigenvalue weighted by Gasteiger charge is -2.26. The number of nitrogens with one attached hydrogen (secondary N) is 1. The van der Waals surface area contributed by atoms with Gasteiger partial charge in [-0.25, -0.2) is 4.79 Å². The summed E-state index contributed by atoms with van der Waals surface area (Å²) in [7, 11) is 0. The molecular weight excluding hydrogens is 358 g/mol. The average molecular weight is 380 g/mol. The summed E-state index contributed by atoms with van der Waals surface area (Å²) < 4.78 is 0. The minimum Gasteiger partial charge on any atom is -0.480 e. The van der Waals surface area contributed by atoms with Gasteiger partial charge in [0.05, 0.1) is 11.5 Å². The Labute approximate surface area is 156 Å². The first-order chi connectivity index (χ1) is 12.2. The zero-order valence-corrected chi connectivity index (χ0v) is 15.4. The van der Waals surface area contributed by atoms with Crippen molar-refractivity contribution >= 4 is 35.1 Å². The topological polar surface area (TPSA) is 113 Å². The Bertz CT molecular complexity index is 782. The van der Waals surface area contributed by atoms with E-state index in [0.717, 1.165) is 0 Å². The van der Waals surface area contributed by atoms with E-state index < -0.39 is 29.4 Å². The predicted octanol–water partition coefficient (Wildman–Crippen LogP) is 1.59. The number of hydrogen-bond donors (Lipinski definition) is 3. The summed E-state index contributed by atoms with van der Waals surface area (Å²) in [4.78, 5) is 38.6. The fraction of sp³-hybridized carbons (Fsp3) is 0.500. The number of hydrogen-bond acceptors (Lipinski definition) is 4. The van der Waals surface area contributed by atoms with E-state index in [0.29, 0.717) is 22.7 Å². The number of benzene rings is 1. The quantitative estimate of drug-likeness (QED) is 0.735. The van der Waals surface area contributed by atoms with Gasteiger partial charge in [-0.05, 0) is 42.5 Å². The monoisotopic (exact) mass is 379 g/mol. The van der Waals surface area contributed by atoms with Crippen LogP contribution in [0.2, 0.25) is 5.02 Å². The lowest BCUT2D eigenvalue weighted by molar-refractivity contribution is -0.148. The summed E-state index contributed by atoms with van der Waals surface area (Å²) in [5.41, 5.74) is 6.11. The Morgan fingerprint density at radius 3 is 2.77 bits per heavy atom. The second-order valence-electron chi connectivity index (χ2n) is 7.49. The van der Waals surface area contributed by atoms with Crippen molar-refractivity contribution in [2.24, 2.45) is 11.7 Å². The summed E-state index contributed by atoms with van der Waals surface area (Å²) in [6, 6.07) is 3.11. The Balaban J connectivity index is 1.98. The van der Waals surface area contributed by atoms with Crippen LogP contribution in [0.15, 0.2) is 18.2 Å². The molecule has 1 unspecified atom stereocenters. The number of likely N-dealkylation sites (tertiary alicyclic amines) is 1. The number of carbonyl (C=O) groups is 3. The first kappa shape index (κ1) is 18.7. The molecule has 140 valence electrons. The molecule has 1 aromatic carbocycles. The van der Waals surface area contributed by atoms with Crippen LogP contribution in [-0.4, -0.2) is 46.4 Å². The molecule has 1 fully saturated rings. The van der Waals surface area contributed by atoms with E-state index in [1.54, 1.807) is 18.2 Å². The summed E-state index contributed by atoms with van der Waals surface area (Å²) in [5, 5.41) is 12.9. The number of carboxylic acid groups (broad SMARTS) is 1. The van der Waals surface area contributed by atoms with E-state index in [-0.39, 0.29) is 24.8 Å². The van der Waals surface area contributed by atoms with Crippen molar-refractivity contribution in [1.82, 2.24) is 4.90 Å². The number of anilines is 1. The predicted molar refractivity (Wildman–Crippen MR) is 96.9 cm³/mol. The van der Waals surface area contributed by atoms with Crippen LogP contribution in [-0.2, 0) is 19.8 Å². The van der Waals surface area contributed by atoms with Crippen molar-refractivity contribution in [1.29, 1.82) is 0 Å². The number of nitrogens with zero attached hydrogens (tertiary/aromatic N) is 1. The zero-order chi connectivity index (χ0) is 19.2. The van der Waals surface area contributed by atoms with Crippen LogP contribution in [0.4, 0.5) is 5.69 Å². The van der Waals surface area contributed by atoms with E-state index in [9.17, 15) is 19.5 Å². The van der Waals surface area contributed by atoms with Gasteiger partial charge in [0.15, 0.2) is 0 Å². The summed E-state index contributed by atoms with van der Waals surface area (Å²) >= 11 is 6.08. The van der Waals surface area contributed by atoms with Crippen LogP contribution in [0.3, 0.4) is 0 Å². The van der Waals surface area contributed by atoms with E-state index in [4.69, 9.17) is 17.3 Å². The van der Waals surface area contributed by atoms with E-state index in [1.807, 2.05) is 13.8 Å². The summed E-state index contributed by atoms with van der Waals surface area (Å²) in [5.74, 6) is -1.70. The number of carboxylic acids is 1. The molecule has 1 spiro atoms. The molecule has 0 radical (unpaired) electrons. The van der Waals surface area contributed by atoms with E-state index in [1.165, 1.54) is 4.90 Å². The molecule has 4 N–H and O–H groups in total. The molecule has 2 heterocycles. The van der Waals surface area contributed by atoms with Crippen molar-refractivity contribution in [2.45, 2.75) is 44.2 Å². The lowest BCUT2D eigenvalue weighted by atomic mass is 9.79. The Morgan fingerprint density at radius 2 is 2.15 bits per heavy atom. The van der Waals surface area contributed by atoms with Gasteiger partial charge in [-0.1, -0.05) is 25.4 Å². The van der Waals surface area contributed by atoms with Gasteiger partial charge in [-0.3, -0.25) is 9.59 Å². The maximum absolute atomic E-state index is 12.8. The molecule has 3 rings (SSSR count). The maximum Gasteiger partial charge on any atom is 0.326 e. The molecule has 0 aliphatic carbocycles. The molecule has 2 amide bonds. The van der Waals surface area contributed by atoms with Crippen LogP contribution in [0.5, 0.6) is 0 Å². The largest absolute Gasteiger partial charge is 0.480 e. The molecule has 2 aliphatic rings. The smallest absolute Gasteiger partial charge is 0.326 e. The third-order valence-corrected chi connectivity index (χ3v) is 5.38. The highest BCUT2D eigenvalue weighted by Gasteiger charge is 2.58. The van der Waals surface area contributed by atoms with Gasteiger partial charge in [0.1, 0.15) is 6.04 Å². The first-order valence-corrected chi connectivity index (χ1v) is 8.94. The highest BCUT2D eigenvalue weighted by Crippen LogP contribution is 2.47. The van der Waals surface area contributed by atoms with Crippen LogP contribution in [0.25, 0.3) is 0 Å². The fourth-order valence-electron chi connectivity index (χ4n) is 3.92. The highest BCUT2D eigenvalue weighted by atomic mass is 35.5. The standard InChI is InChI=1S/C18H22ClN3O4/c1-9(2)5-12(20)15(23)22-8-18(7-14(22)16(24)25)11-6-10(19)3-4-13(11)21-17(18)26/h3-4,6,9,12,14H,5,7-8,20H2,1-2H3,(H,21,26)(H,24,25)/t12-,14?,18-/m0/s1. The highest BCUT2D eigenvalue weighted by molar-refractivity contribution is 6.31. The molecule has 0 saturated carbocycles.